The summed E-state index contributed by atoms with van der Waals surface area (Å²) in [6.45, 7) is 2.07. The van der Waals surface area contributed by atoms with Gasteiger partial charge in [0.15, 0.2) is 22.4 Å². The van der Waals surface area contributed by atoms with Crippen molar-refractivity contribution < 1.29 is 19.1 Å². The number of halogens is 1. The normalized spacial score (nSPS) is 12.2. The fraction of sp³-hybridized carbons (Fsp3) is 0.263. The molecule has 2 aromatic heterocycles. The molecule has 0 saturated heterocycles. The molecule has 1 aliphatic heterocycles. The smallest absolute Gasteiger partial charge is 0.231 e. The van der Waals surface area contributed by atoms with Gasteiger partial charge in [-0.05, 0) is 24.3 Å². The Labute approximate surface area is 185 Å². The second-order valence-corrected chi connectivity index (χ2v) is 8.98. The maximum Gasteiger partial charge on any atom is 0.231 e. The highest BCUT2D eigenvalue weighted by molar-refractivity contribution is 7.99. The van der Waals surface area contributed by atoms with Gasteiger partial charge in [0.05, 0.1) is 20.7 Å². The first-order valence-corrected chi connectivity index (χ1v) is 11.2. The third-order valence-electron chi connectivity index (χ3n) is 4.22. The van der Waals surface area contributed by atoms with Gasteiger partial charge in [0, 0.05) is 26.0 Å². The average molecular weight is 465 g/mol. The second-order valence-electron chi connectivity index (χ2n) is 6.32. The van der Waals surface area contributed by atoms with Crippen LogP contribution in [0, 0.1) is 0 Å². The monoisotopic (exact) mass is 464 g/mol. The van der Waals surface area contributed by atoms with E-state index in [9.17, 15) is 9.59 Å². The largest absolute Gasteiger partial charge is 0.454 e. The molecular formula is C19H17ClN4O4S2. The predicted molar refractivity (Wildman–Crippen MR) is 114 cm³/mol. The second kappa shape index (κ2) is 9.07. The van der Waals surface area contributed by atoms with Gasteiger partial charge >= 0.3 is 0 Å². The zero-order valence-electron chi connectivity index (χ0n) is 15.9. The van der Waals surface area contributed by atoms with Crippen LogP contribution in [0.2, 0.25) is 4.34 Å². The standard InChI is InChI=1S/C19H17ClN4O4S2/c1-11(25)21-7-6-18-22-23-19(29-9-13(26)16-4-5-17(20)30-16)24(18)12-2-3-14-15(8-12)28-10-27-14/h2-5,8H,6-7,9-10H2,1H3,(H,21,25). The Bertz CT molecular complexity index is 1100. The third-order valence-corrected chi connectivity index (χ3v) is 6.42. The number of nitrogens with zero attached hydrogens (tertiary/aromatic N) is 3. The Morgan fingerprint density at radius 1 is 1.23 bits per heavy atom. The predicted octanol–water partition coefficient (Wildman–Crippen LogP) is 3.36. The quantitative estimate of drug-likeness (QED) is 0.403. The number of thioether (sulfide) groups is 1. The van der Waals surface area contributed by atoms with Gasteiger partial charge in [-0.25, -0.2) is 0 Å². The van der Waals surface area contributed by atoms with Crippen LogP contribution in [-0.4, -0.2) is 45.5 Å². The number of ketones is 1. The summed E-state index contributed by atoms with van der Waals surface area (Å²) >= 11 is 8.47. The van der Waals surface area contributed by atoms with Crippen molar-refractivity contribution in [2.45, 2.75) is 18.5 Å². The summed E-state index contributed by atoms with van der Waals surface area (Å²) < 4.78 is 13.3. The number of benzene rings is 1. The number of Topliss-reactive ketones (excluding diaryl/α,β-unsaturated/α-hetero) is 1. The van der Waals surface area contributed by atoms with Crippen molar-refractivity contribution in [1.82, 2.24) is 20.1 Å². The van der Waals surface area contributed by atoms with Crippen LogP contribution in [-0.2, 0) is 11.2 Å². The van der Waals surface area contributed by atoms with E-state index in [0.717, 1.165) is 5.69 Å². The van der Waals surface area contributed by atoms with Gasteiger partial charge < -0.3 is 14.8 Å². The van der Waals surface area contributed by atoms with E-state index in [0.29, 0.717) is 44.7 Å². The van der Waals surface area contributed by atoms with E-state index in [1.807, 2.05) is 22.8 Å². The number of carbonyl (C=O) groups is 2. The van der Waals surface area contributed by atoms with Gasteiger partial charge in [-0.1, -0.05) is 23.4 Å². The summed E-state index contributed by atoms with van der Waals surface area (Å²) in [4.78, 5) is 24.3. The summed E-state index contributed by atoms with van der Waals surface area (Å²) in [7, 11) is 0. The van der Waals surface area contributed by atoms with E-state index >= 15 is 0 Å². The van der Waals surface area contributed by atoms with Crippen molar-refractivity contribution in [3.8, 4) is 17.2 Å². The van der Waals surface area contributed by atoms with E-state index in [1.165, 1.54) is 30.0 Å². The molecular weight excluding hydrogens is 448 g/mol. The molecule has 1 aromatic carbocycles. The molecule has 4 rings (SSSR count). The molecule has 8 nitrogen and oxygen atoms in total. The summed E-state index contributed by atoms with van der Waals surface area (Å²) in [6.07, 6.45) is 0.482. The number of thiophene rings is 1. The lowest BCUT2D eigenvalue weighted by Crippen LogP contribution is -2.23. The van der Waals surface area contributed by atoms with Crippen molar-refractivity contribution in [1.29, 1.82) is 0 Å². The van der Waals surface area contributed by atoms with Gasteiger partial charge in [0.1, 0.15) is 5.82 Å². The van der Waals surface area contributed by atoms with E-state index in [2.05, 4.69) is 15.5 Å². The van der Waals surface area contributed by atoms with E-state index in [4.69, 9.17) is 21.1 Å². The van der Waals surface area contributed by atoms with E-state index in [-0.39, 0.29) is 24.2 Å². The van der Waals surface area contributed by atoms with Crippen molar-refractivity contribution in [2.24, 2.45) is 0 Å². The third kappa shape index (κ3) is 4.61. The molecule has 0 saturated carbocycles. The lowest BCUT2D eigenvalue weighted by Gasteiger charge is -2.11. The molecule has 0 unspecified atom stereocenters. The van der Waals surface area contributed by atoms with Crippen LogP contribution < -0.4 is 14.8 Å². The number of hydrogen-bond acceptors (Lipinski definition) is 8. The minimum atomic E-state index is -0.112. The van der Waals surface area contributed by atoms with Crippen LogP contribution >= 0.6 is 34.7 Å². The van der Waals surface area contributed by atoms with Gasteiger partial charge in [0.2, 0.25) is 12.7 Å². The van der Waals surface area contributed by atoms with Crippen molar-refractivity contribution in [3.05, 3.63) is 45.4 Å². The molecule has 11 heteroatoms. The Kier molecular flexibility index (Phi) is 6.26. The number of carbonyl (C=O) groups excluding carboxylic acids is 2. The molecule has 0 bridgehead atoms. The molecule has 3 heterocycles. The van der Waals surface area contributed by atoms with Crippen LogP contribution in [0.4, 0.5) is 0 Å². The van der Waals surface area contributed by atoms with Crippen LogP contribution in [0.3, 0.4) is 0 Å². The Morgan fingerprint density at radius 2 is 2.07 bits per heavy atom. The lowest BCUT2D eigenvalue weighted by atomic mass is 10.2. The summed E-state index contributed by atoms with van der Waals surface area (Å²) in [5.74, 6) is 2.03. The first-order valence-electron chi connectivity index (χ1n) is 9.01. The zero-order chi connectivity index (χ0) is 21.1. The Morgan fingerprint density at radius 3 is 2.83 bits per heavy atom. The summed E-state index contributed by atoms with van der Waals surface area (Å²) in [5.41, 5.74) is 0.788. The maximum absolute atomic E-state index is 12.5. The van der Waals surface area contributed by atoms with Gasteiger partial charge in [-0.2, -0.15) is 0 Å². The number of amides is 1. The highest BCUT2D eigenvalue weighted by atomic mass is 35.5. The first kappa shape index (κ1) is 20.7. The molecule has 0 atom stereocenters. The number of fused-ring (bicyclic) bond motifs is 1. The van der Waals surface area contributed by atoms with Crippen molar-refractivity contribution in [2.75, 3.05) is 19.1 Å². The van der Waals surface area contributed by atoms with Gasteiger partial charge in [-0.15, -0.1) is 21.5 Å². The topological polar surface area (TPSA) is 95.3 Å². The number of rotatable bonds is 8. The molecule has 3 aromatic rings. The lowest BCUT2D eigenvalue weighted by molar-refractivity contribution is -0.118. The molecule has 1 N–H and O–H groups in total. The highest BCUT2D eigenvalue weighted by Gasteiger charge is 2.20. The zero-order valence-corrected chi connectivity index (χ0v) is 18.3. The van der Waals surface area contributed by atoms with Crippen LogP contribution in [0.15, 0.2) is 35.5 Å². The molecule has 156 valence electrons. The molecule has 0 radical (unpaired) electrons. The van der Waals surface area contributed by atoms with Crippen molar-refractivity contribution in [3.63, 3.8) is 0 Å². The number of aromatic nitrogens is 3. The first-order chi connectivity index (χ1) is 14.5. The summed E-state index contributed by atoms with van der Waals surface area (Å²) in [5, 5.41) is 11.9. The fourth-order valence-electron chi connectivity index (χ4n) is 2.86. The van der Waals surface area contributed by atoms with Crippen LogP contribution in [0.1, 0.15) is 22.4 Å². The Balaban J connectivity index is 1.58. The SMILES string of the molecule is CC(=O)NCCc1nnc(SCC(=O)c2ccc(Cl)s2)n1-c1ccc2c(c1)OCO2. The minimum absolute atomic E-state index is 0.0306. The van der Waals surface area contributed by atoms with E-state index < -0.39 is 0 Å². The van der Waals surface area contributed by atoms with E-state index in [1.54, 1.807) is 12.1 Å². The number of hydrogen-bond donors (Lipinski definition) is 1. The highest BCUT2D eigenvalue weighted by Crippen LogP contribution is 2.35. The Hall–Kier alpha value is -2.56. The fourth-order valence-corrected chi connectivity index (χ4v) is 4.78. The van der Waals surface area contributed by atoms with Gasteiger partial charge in [-0.3, -0.25) is 14.2 Å². The molecule has 0 spiro atoms. The average Bonchev–Trinajstić information content (AvgIpc) is 3.44. The number of ether oxygens (including phenoxy) is 2. The number of nitrogens with one attached hydrogen (secondary N) is 1. The molecule has 0 aliphatic carbocycles. The molecule has 0 fully saturated rings. The molecule has 1 amide bonds. The molecule has 30 heavy (non-hydrogen) atoms. The van der Waals surface area contributed by atoms with Crippen molar-refractivity contribution >= 4 is 46.4 Å². The minimum Gasteiger partial charge on any atom is -0.454 e. The summed E-state index contributed by atoms with van der Waals surface area (Å²) in [6, 6.07) is 8.97. The van der Waals surface area contributed by atoms with Crippen LogP contribution in [0.25, 0.3) is 5.69 Å². The molecule has 1 aliphatic rings. The van der Waals surface area contributed by atoms with Crippen LogP contribution in [0.5, 0.6) is 11.5 Å². The van der Waals surface area contributed by atoms with Gasteiger partial charge in [0.25, 0.3) is 0 Å². The maximum atomic E-state index is 12.5.